The van der Waals surface area contributed by atoms with Crippen LogP contribution in [0.1, 0.15) is 58.9 Å². The van der Waals surface area contributed by atoms with Crippen molar-refractivity contribution in [2.24, 2.45) is 0 Å². The number of carbonyl (C=O) groups is 3. The van der Waals surface area contributed by atoms with Gasteiger partial charge in [0.2, 0.25) is 5.88 Å². The van der Waals surface area contributed by atoms with Crippen molar-refractivity contribution in [3.05, 3.63) is 53.6 Å². The number of rotatable bonds is 2. The third kappa shape index (κ3) is 6.48. The summed E-state index contributed by atoms with van der Waals surface area (Å²) >= 11 is 0. The molecule has 196 valence electrons. The molecule has 3 rings (SSSR count). The maximum atomic E-state index is 14.8. The zero-order valence-electron chi connectivity index (χ0n) is 21.2. The van der Waals surface area contributed by atoms with Gasteiger partial charge in [0.25, 0.3) is 0 Å². The number of hydrogen-bond donors (Lipinski definition) is 2. The monoisotopic (exact) mass is 514 g/mol. The number of halogens is 1. The first-order chi connectivity index (χ1) is 17.1. The summed E-state index contributed by atoms with van der Waals surface area (Å²) in [5, 5.41) is 20.3. The Morgan fingerprint density at radius 3 is 2.27 bits per heavy atom. The number of carboxylic acid groups (broad SMARTS) is 1. The zero-order chi connectivity index (χ0) is 27.7. The number of aromatic nitrogens is 2. The lowest BCUT2D eigenvalue weighted by atomic mass is 10.1. The Kier molecular flexibility index (Phi) is 7.36. The molecule has 0 radical (unpaired) electrons. The first-order valence-corrected chi connectivity index (χ1v) is 11.2. The molecule has 0 saturated heterocycles. The summed E-state index contributed by atoms with van der Waals surface area (Å²) in [4.78, 5) is 36.5. The molecular formula is C26H27FN2O8. The van der Waals surface area contributed by atoms with Gasteiger partial charge < -0.3 is 24.4 Å². The van der Waals surface area contributed by atoms with Crippen molar-refractivity contribution in [2.45, 2.75) is 58.8 Å². The standard InChI is InChI=1S/C26H27FN2O8/c1-25(2,3)36-23(33)28-13-7-8-19(28)20(30)12-9-15-16-14-21(35-24(34)37-26(4,5)6)29(22(31)32)18(16)11-10-17(15)27/h7-8,10-11,13-14,20,30H,1-6H3,(H,31,32). The van der Waals surface area contributed by atoms with Gasteiger partial charge in [-0.3, -0.25) is 4.57 Å². The maximum Gasteiger partial charge on any atom is 0.515 e. The quantitative estimate of drug-likeness (QED) is 0.349. The molecule has 1 aromatic carbocycles. The summed E-state index contributed by atoms with van der Waals surface area (Å²) in [5.41, 5.74) is -1.84. The molecule has 0 aliphatic heterocycles. The van der Waals surface area contributed by atoms with Crippen molar-refractivity contribution in [1.82, 2.24) is 9.13 Å². The first-order valence-electron chi connectivity index (χ1n) is 11.2. The number of ether oxygens (including phenoxy) is 3. The topological polar surface area (TPSA) is 129 Å². The van der Waals surface area contributed by atoms with Crippen molar-refractivity contribution in [2.75, 3.05) is 0 Å². The van der Waals surface area contributed by atoms with Gasteiger partial charge in [-0.1, -0.05) is 11.8 Å². The maximum absolute atomic E-state index is 14.8. The van der Waals surface area contributed by atoms with Gasteiger partial charge in [-0.15, -0.1) is 0 Å². The number of aliphatic hydroxyl groups excluding tert-OH is 1. The lowest BCUT2D eigenvalue weighted by molar-refractivity contribution is 0.0193. The van der Waals surface area contributed by atoms with Crippen LogP contribution in [0.15, 0.2) is 36.5 Å². The second-order valence-electron chi connectivity index (χ2n) is 9.98. The fourth-order valence-corrected chi connectivity index (χ4v) is 3.29. The average Bonchev–Trinajstić information content (AvgIpc) is 3.35. The van der Waals surface area contributed by atoms with Crippen molar-refractivity contribution < 1.29 is 43.2 Å². The molecule has 37 heavy (non-hydrogen) atoms. The fourth-order valence-electron chi connectivity index (χ4n) is 3.29. The second-order valence-corrected chi connectivity index (χ2v) is 9.98. The van der Waals surface area contributed by atoms with Gasteiger partial charge in [0.1, 0.15) is 17.0 Å². The molecule has 0 saturated carbocycles. The van der Waals surface area contributed by atoms with Gasteiger partial charge in [0.05, 0.1) is 16.8 Å². The summed E-state index contributed by atoms with van der Waals surface area (Å²) in [5.74, 6) is 3.75. The number of hydrogen-bond acceptors (Lipinski definition) is 7. The van der Waals surface area contributed by atoms with Gasteiger partial charge in [-0.05, 0) is 65.8 Å². The van der Waals surface area contributed by atoms with Crippen LogP contribution in [-0.2, 0) is 9.47 Å². The van der Waals surface area contributed by atoms with Crippen LogP contribution in [0.25, 0.3) is 10.9 Å². The molecule has 1 unspecified atom stereocenters. The van der Waals surface area contributed by atoms with Crippen LogP contribution >= 0.6 is 0 Å². The number of carbonyl (C=O) groups excluding carboxylic acids is 2. The average molecular weight is 515 g/mol. The van der Waals surface area contributed by atoms with E-state index in [-0.39, 0.29) is 22.2 Å². The number of benzene rings is 1. The molecule has 1 atom stereocenters. The minimum atomic E-state index is -1.52. The molecule has 0 aliphatic carbocycles. The van der Waals surface area contributed by atoms with Gasteiger partial charge in [0.15, 0.2) is 6.10 Å². The molecule has 0 amide bonds. The molecule has 0 fully saturated rings. The highest BCUT2D eigenvalue weighted by Crippen LogP contribution is 2.30. The molecule has 0 spiro atoms. The van der Waals surface area contributed by atoms with Crippen molar-refractivity contribution in [1.29, 1.82) is 0 Å². The SMILES string of the molecule is CC(C)(C)OC(=O)Oc1cc2c(C#CC(O)c3cccn3C(=O)OC(C)(C)C)c(F)ccc2n1C(=O)O. The molecule has 10 nitrogen and oxygen atoms in total. The second kappa shape index (κ2) is 9.99. The van der Waals surface area contributed by atoms with E-state index in [1.807, 2.05) is 0 Å². The van der Waals surface area contributed by atoms with Crippen molar-refractivity contribution >= 4 is 29.2 Å². The Labute approximate surface area is 212 Å². The summed E-state index contributed by atoms with van der Waals surface area (Å²) in [6, 6.07) is 6.29. The Hall–Kier alpha value is -4.30. The Morgan fingerprint density at radius 2 is 1.68 bits per heavy atom. The van der Waals surface area contributed by atoms with E-state index in [9.17, 15) is 29.0 Å². The van der Waals surface area contributed by atoms with Crippen LogP contribution in [0.5, 0.6) is 5.88 Å². The van der Waals surface area contributed by atoms with Gasteiger partial charge in [0, 0.05) is 17.6 Å². The van der Waals surface area contributed by atoms with Crippen molar-refractivity contribution in [3.63, 3.8) is 0 Å². The lowest BCUT2D eigenvalue weighted by Gasteiger charge is -2.20. The Balaban J connectivity index is 2.02. The van der Waals surface area contributed by atoms with E-state index >= 15 is 0 Å². The van der Waals surface area contributed by atoms with Gasteiger partial charge in [-0.25, -0.2) is 23.3 Å². The predicted molar refractivity (Wildman–Crippen MR) is 130 cm³/mol. The highest BCUT2D eigenvalue weighted by atomic mass is 19.1. The first kappa shape index (κ1) is 27.3. The highest BCUT2D eigenvalue weighted by molar-refractivity contribution is 5.95. The predicted octanol–water partition coefficient (Wildman–Crippen LogP) is 5.29. The largest absolute Gasteiger partial charge is 0.515 e. The zero-order valence-corrected chi connectivity index (χ0v) is 21.2. The molecule has 3 aromatic rings. The van der Waals surface area contributed by atoms with E-state index in [2.05, 4.69) is 11.8 Å². The van der Waals surface area contributed by atoms with Gasteiger partial charge >= 0.3 is 18.3 Å². The summed E-state index contributed by atoms with van der Waals surface area (Å²) < 4.78 is 32.0. The molecule has 2 N–H and O–H groups in total. The smallest absolute Gasteiger partial charge is 0.464 e. The van der Waals surface area contributed by atoms with Crippen LogP contribution < -0.4 is 4.74 Å². The summed E-state index contributed by atoms with van der Waals surface area (Å²) in [6.07, 6.45) is -3.50. The Bertz CT molecular complexity index is 1430. The van der Waals surface area contributed by atoms with Gasteiger partial charge in [-0.2, -0.15) is 0 Å². The van der Waals surface area contributed by atoms with Crippen LogP contribution in [-0.4, -0.2) is 48.9 Å². The van der Waals surface area contributed by atoms with Crippen LogP contribution in [0.3, 0.4) is 0 Å². The van der Waals surface area contributed by atoms with E-state index < -0.39 is 47.3 Å². The molecule has 0 aliphatic rings. The third-order valence-electron chi connectivity index (χ3n) is 4.65. The summed E-state index contributed by atoms with van der Waals surface area (Å²) in [6.45, 7) is 9.89. The third-order valence-corrected chi connectivity index (χ3v) is 4.65. The van der Waals surface area contributed by atoms with E-state index in [4.69, 9.17) is 14.2 Å². The summed E-state index contributed by atoms with van der Waals surface area (Å²) in [7, 11) is 0. The Morgan fingerprint density at radius 1 is 1.03 bits per heavy atom. The number of aliphatic hydroxyl groups is 1. The van der Waals surface area contributed by atoms with Crippen LogP contribution in [0, 0.1) is 17.7 Å². The molecule has 2 aromatic heterocycles. The number of fused-ring (bicyclic) bond motifs is 1. The highest BCUT2D eigenvalue weighted by Gasteiger charge is 2.25. The van der Waals surface area contributed by atoms with E-state index in [1.165, 1.54) is 24.4 Å². The molecule has 11 heteroatoms. The van der Waals surface area contributed by atoms with Crippen LogP contribution in [0.4, 0.5) is 18.8 Å². The normalized spacial score (nSPS) is 12.4. The minimum absolute atomic E-state index is 0.0108. The van der Waals surface area contributed by atoms with E-state index in [0.717, 1.165) is 16.7 Å². The van der Waals surface area contributed by atoms with Crippen LogP contribution in [0.2, 0.25) is 0 Å². The molecule has 0 bridgehead atoms. The van der Waals surface area contributed by atoms with E-state index in [0.29, 0.717) is 4.57 Å². The number of nitrogens with zero attached hydrogens (tertiary/aromatic N) is 2. The van der Waals surface area contributed by atoms with Crippen molar-refractivity contribution in [3.8, 4) is 17.7 Å². The lowest BCUT2D eigenvalue weighted by Crippen LogP contribution is -2.28. The van der Waals surface area contributed by atoms with E-state index in [1.54, 1.807) is 41.5 Å². The fraction of sp³-hybridized carbons (Fsp3) is 0.346. The molecule has 2 heterocycles. The minimum Gasteiger partial charge on any atom is -0.464 e. The molecular weight excluding hydrogens is 487 g/mol.